The molecule has 1 aliphatic heterocycles. The fraction of sp³-hybridized carbons (Fsp3) is 0.346. The zero-order chi connectivity index (χ0) is 26.9. The average molecular weight is 528 g/mol. The van der Waals surface area contributed by atoms with Crippen LogP contribution < -0.4 is 20.1 Å². The summed E-state index contributed by atoms with van der Waals surface area (Å²) in [6.07, 6.45) is 1.62. The van der Waals surface area contributed by atoms with E-state index in [1.54, 1.807) is 12.1 Å². The van der Waals surface area contributed by atoms with Gasteiger partial charge >= 0.3 is 0 Å². The molecule has 4 rings (SSSR count). The van der Waals surface area contributed by atoms with E-state index in [9.17, 15) is 17.6 Å². The Morgan fingerprint density at radius 3 is 2.46 bits per heavy atom. The van der Waals surface area contributed by atoms with Crippen molar-refractivity contribution in [1.29, 1.82) is 0 Å². The molecule has 11 heteroatoms. The highest BCUT2D eigenvalue weighted by molar-refractivity contribution is 7.90. The second-order valence-corrected chi connectivity index (χ2v) is 11.1. The van der Waals surface area contributed by atoms with Crippen LogP contribution in [0.25, 0.3) is 11.3 Å². The molecule has 2 atom stereocenters. The van der Waals surface area contributed by atoms with Gasteiger partial charge in [0.25, 0.3) is 15.9 Å². The molecule has 3 N–H and O–H groups in total. The van der Waals surface area contributed by atoms with Gasteiger partial charge in [0.1, 0.15) is 23.2 Å². The lowest BCUT2D eigenvalue weighted by atomic mass is 10.1. The van der Waals surface area contributed by atoms with Crippen LogP contribution in [0.1, 0.15) is 50.9 Å². The van der Waals surface area contributed by atoms with Gasteiger partial charge in [0, 0.05) is 23.7 Å². The van der Waals surface area contributed by atoms with Crippen LogP contribution in [0.5, 0.6) is 5.75 Å². The lowest BCUT2D eigenvalue weighted by Crippen LogP contribution is -2.37. The Labute approximate surface area is 215 Å². The molecule has 3 heterocycles. The number of hydrogen-bond donors (Lipinski definition) is 2. The first-order chi connectivity index (χ1) is 17.4. The minimum absolute atomic E-state index is 0.0117. The molecule has 0 bridgehead atoms. The molecule has 0 unspecified atom stereocenters. The Kier molecular flexibility index (Phi) is 7.35. The first-order valence-electron chi connectivity index (χ1n) is 12.0. The number of rotatable bonds is 7. The summed E-state index contributed by atoms with van der Waals surface area (Å²) in [6, 6.07) is 11.6. The first kappa shape index (κ1) is 26.3. The summed E-state index contributed by atoms with van der Waals surface area (Å²) < 4.78 is 47.8. The standard InChI is InChI=1S/C26H30FN5O4S/c1-15(2)36-20-13-18(12-19(27)14-20)22-11-10-21(25(29-22)32-16(3)8-9-17(32)4)26(33)31-37(34,35)24-7-5-6-23(28)30-24/h5-7,10-17H,8-9H2,1-4H3,(H2,28,30)(H,31,33)/t16-,17+. The van der Waals surface area contributed by atoms with Crippen LogP contribution in [0.15, 0.2) is 53.6 Å². The molecule has 1 saturated heterocycles. The molecule has 1 aliphatic rings. The van der Waals surface area contributed by atoms with E-state index in [1.165, 1.54) is 36.4 Å². The van der Waals surface area contributed by atoms with Gasteiger partial charge in [-0.25, -0.2) is 19.1 Å². The molecule has 2 aromatic heterocycles. The second kappa shape index (κ2) is 10.3. The van der Waals surface area contributed by atoms with Gasteiger partial charge in [0.2, 0.25) is 0 Å². The summed E-state index contributed by atoms with van der Waals surface area (Å²) in [7, 11) is -4.29. The molecule has 1 amide bonds. The molecule has 9 nitrogen and oxygen atoms in total. The topological polar surface area (TPSA) is 128 Å². The predicted octanol–water partition coefficient (Wildman–Crippen LogP) is 4.15. The Balaban J connectivity index is 1.77. The van der Waals surface area contributed by atoms with Gasteiger partial charge in [-0.3, -0.25) is 4.79 Å². The monoisotopic (exact) mass is 527 g/mol. The maximum atomic E-state index is 14.4. The summed E-state index contributed by atoms with van der Waals surface area (Å²) in [5.74, 6) is -0.648. The van der Waals surface area contributed by atoms with Crippen molar-refractivity contribution in [3.63, 3.8) is 0 Å². The molecule has 3 aromatic rings. The highest BCUT2D eigenvalue weighted by Gasteiger charge is 2.33. The maximum absolute atomic E-state index is 14.4. The minimum atomic E-state index is -4.29. The number of pyridine rings is 2. The lowest BCUT2D eigenvalue weighted by molar-refractivity contribution is 0.0981. The van der Waals surface area contributed by atoms with Crippen LogP contribution in [-0.4, -0.2) is 42.5 Å². The number of carbonyl (C=O) groups is 1. The molecule has 196 valence electrons. The van der Waals surface area contributed by atoms with E-state index in [1.807, 2.05) is 32.6 Å². The molecule has 0 saturated carbocycles. The van der Waals surface area contributed by atoms with E-state index in [2.05, 4.69) is 9.71 Å². The number of anilines is 2. The molecule has 1 fully saturated rings. The second-order valence-electron chi connectivity index (χ2n) is 9.43. The van der Waals surface area contributed by atoms with Crippen molar-refractivity contribution in [3.05, 3.63) is 59.9 Å². The molecule has 1 aromatic carbocycles. The van der Waals surface area contributed by atoms with Crippen molar-refractivity contribution in [3.8, 4) is 17.0 Å². The Morgan fingerprint density at radius 2 is 1.81 bits per heavy atom. The van der Waals surface area contributed by atoms with Crippen LogP contribution in [0.4, 0.5) is 16.0 Å². The fourth-order valence-corrected chi connectivity index (χ4v) is 5.40. The zero-order valence-corrected chi connectivity index (χ0v) is 21.9. The van der Waals surface area contributed by atoms with Crippen molar-refractivity contribution in [2.24, 2.45) is 0 Å². The Hall–Kier alpha value is -3.73. The van der Waals surface area contributed by atoms with Crippen LogP contribution in [-0.2, 0) is 10.0 Å². The van der Waals surface area contributed by atoms with E-state index in [-0.39, 0.29) is 34.6 Å². The van der Waals surface area contributed by atoms with Crippen molar-refractivity contribution < 1.29 is 22.3 Å². The van der Waals surface area contributed by atoms with Crippen LogP contribution >= 0.6 is 0 Å². The Morgan fingerprint density at radius 1 is 1.11 bits per heavy atom. The number of amides is 1. The number of nitrogens with one attached hydrogen (secondary N) is 1. The predicted molar refractivity (Wildman–Crippen MR) is 139 cm³/mol. The number of nitrogens with zero attached hydrogens (tertiary/aromatic N) is 3. The number of hydrogen-bond acceptors (Lipinski definition) is 8. The SMILES string of the molecule is CC(C)Oc1cc(F)cc(-c2ccc(C(=O)NS(=O)(=O)c3cccc(N)n3)c(N3[C@H](C)CC[C@@H]3C)n2)c1. The smallest absolute Gasteiger partial charge is 0.281 e. The number of benzene rings is 1. The van der Waals surface area contributed by atoms with Crippen molar-refractivity contribution in [2.45, 2.75) is 63.8 Å². The van der Waals surface area contributed by atoms with Gasteiger partial charge < -0.3 is 15.4 Å². The van der Waals surface area contributed by atoms with Gasteiger partial charge in [-0.15, -0.1) is 0 Å². The summed E-state index contributed by atoms with van der Waals surface area (Å²) in [5, 5.41) is -0.368. The highest BCUT2D eigenvalue weighted by Crippen LogP contribution is 2.34. The van der Waals surface area contributed by atoms with Gasteiger partial charge in [0.15, 0.2) is 5.03 Å². The van der Waals surface area contributed by atoms with E-state index in [4.69, 9.17) is 15.5 Å². The molecular formula is C26H30FN5O4S. The number of aromatic nitrogens is 2. The number of nitrogens with two attached hydrogens (primary N) is 1. The van der Waals surface area contributed by atoms with E-state index >= 15 is 0 Å². The van der Waals surface area contributed by atoms with Gasteiger partial charge in [-0.05, 0) is 76.9 Å². The lowest BCUT2D eigenvalue weighted by Gasteiger charge is -2.29. The Bertz CT molecular complexity index is 1420. The summed E-state index contributed by atoms with van der Waals surface area (Å²) in [4.78, 5) is 23.8. The van der Waals surface area contributed by atoms with Gasteiger partial charge in [0.05, 0.1) is 17.4 Å². The molecule has 0 aliphatic carbocycles. The zero-order valence-electron chi connectivity index (χ0n) is 21.1. The summed E-state index contributed by atoms with van der Waals surface area (Å²) in [6.45, 7) is 7.73. The van der Waals surface area contributed by atoms with E-state index in [0.717, 1.165) is 12.8 Å². The third kappa shape index (κ3) is 5.82. The number of carbonyl (C=O) groups excluding carboxylic acids is 1. The van der Waals surface area contributed by atoms with Crippen molar-refractivity contribution in [2.75, 3.05) is 10.6 Å². The largest absolute Gasteiger partial charge is 0.491 e. The summed E-state index contributed by atoms with van der Waals surface area (Å²) in [5.41, 5.74) is 6.58. The first-order valence-corrected chi connectivity index (χ1v) is 13.5. The highest BCUT2D eigenvalue weighted by atomic mass is 32.2. The van der Waals surface area contributed by atoms with Crippen molar-refractivity contribution >= 4 is 27.6 Å². The third-order valence-corrected chi connectivity index (χ3v) is 7.33. The average Bonchev–Trinajstić information content (AvgIpc) is 3.15. The quantitative estimate of drug-likeness (QED) is 0.469. The number of ether oxygens (including phenoxy) is 1. The fourth-order valence-electron chi connectivity index (χ4n) is 4.46. The van der Waals surface area contributed by atoms with Crippen LogP contribution in [0, 0.1) is 5.82 Å². The van der Waals surface area contributed by atoms with Gasteiger partial charge in [-0.1, -0.05) is 6.07 Å². The van der Waals surface area contributed by atoms with Gasteiger partial charge in [-0.2, -0.15) is 8.42 Å². The normalized spacial score (nSPS) is 17.7. The maximum Gasteiger partial charge on any atom is 0.281 e. The third-order valence-electron chi connectivity index (χ3n) is 6.10. The number of nitrogen functional groups attached to an aromatic ring is 1. The number of halogens is 1. The molecular weight excluding hydrogens is 497 g/mol. The molecule has 37 heavy (non-hydrogen) atoms. The minimum Gasteiger partial charge on any atom is -0.491 e. The van der Waals surface area contributed by atoms with Crippen LogP contribution in [0.3, 0.4) is 0 Å². The summed E-state index contributed by atoms with van der Waals surface area (Å²) >= 11 is 0. The van der Waals surface area contributed by atoms with E-state index < -0.39 is 21.7 Å². The van der Waals surface area contributed by atoms with Crippen molar-refractivity contribution in [1.82, 2.24) is 14.7 Å². The van der Waals surface area contributed by atoms with Crippen LogP contribution in [0.2, 0.25) is 0 Å². The van der Waals surface area contributed by atoms with E-state index in [0.29, 0.717) is 22.8 Å². The molecule has 0 spiro atoms. The number of sulfonamides is 1. The molecule has 0 radical (unpaired) electrons.